The number of amides is 2. The Kier molecular flexibility index (Phi) is 6.04. The van der Waals surface area contributed by atoms with Gasteiger partial charge in [-0.2, -0.15) is 0 Å². The van der Waals surface area contributed by atoms with Gasteiger partial charge in [-0.25, -0.2) is 0 Å². The van der Waals surface area contributed by atoms with Crippen LogP contribution in [0.2, 0.25) is 0 Å². The molecule has 0 aliphatic carbocycles. The summed E-state index contributed by atoms with van der Waals surface area (Å²) in [6.07, 6.45) is 1.55. The Labute approximate surface area is 144 Å². The molecule has 0 saturated carbocycles. The van der Waals surface area contributed by atoms with E-state index in [-0.39, 0.29) is 10.8 Å². The van der Waals surface area contributed by atoms with Crippen molar-refractivity contribution in [1.82, 2.24) is 16.2 Å². The lowest BCUT2D eigenvalue weighted by atomic mass is 10.1. The van der Waals surface area contributed by atoms with Crippen molar-refractivity contribution in [3.05, 3.63) is 77.5 Å². The SMILES string of the molecule is NC(=S)NNC(=O)/C(=C\c1ccccc1)NC(=O)c1ccccc1. The predicted molar refractivity (Wildman–Crippen MR) is 96.4 cm³/mol. The van der Waals surface area contributed by atoms with Crippen molar-refractivity contribution in [2.45, 2.75) is 0 Å². The Morgan fingerprint density at radius 3 is 2.08 bits per heavy atom. The van der Waals surface area contributed by atoms with E-state index < -0.39 is 11.8 Å². The number of benzene rings is 2. The summed E-state index contributed by atoms with van der Waals surface area (Å²) >= 11 is 4.64. The molecule has 6 nitrogen and oxygen atoms in total. The topological polar surface area (TPSA) is 96.2 Å². The van der Waals surface area contributed by atoms with Gasteiger partial charge < -0.3 is 11.1 Å². The Hall–Kier alpha value is -3.19. The van der Waals surface area contributed by atoms with Crippen LogP contribution >= 0.6 is 12.2 Å². The average molecular weight is 340 g/mol. The minimum atomic E-state index is -0.573. The zero-order chi connectivity index (χ0) is 17.4. The molecule has 0 radical (unpaired) electrons. The fraction of sp³-hybridized carbons (Fsp3) is 0. The molecule has 0 heterocycles. The highest BCUT2D eigenvalue weighted by Crippen LogP contribution is 2.06. The molecule has 0 unspecified atom stereocenters. The van der Waals surface area contributed by atoms with E-state index in [9.17, 15) is 9.59 Å². The molecule has 2 amide bonds. The Balaban J connectivity index is 2.22. The summed E-state index contributed by atoms with van der Waals surface area (Å²) in [6.45, 7) is 0. The summed E-state index contributed by atoms with van der Waals surface area (Å²) in [5.74, 6) is -0.973. The molecule has 0 atom stereocenters. The van der Waals surface area contributed by atoms with Gasteiger partial charge in [-0.15, -0.1) is 0 Å². The lowest BCUT2D eigenvalue weighted by Gasteiger charge is -2.11. The van der Waals surface area contributed by atoms with Crippen molar-refractivity contribution in [3.63, 3.8) is 0 Å². The van der Waals surface area contributed by atoms with Crippen LogP contribution in [0.25, 0.3) is 6.08 Å². The third-order valence-corrected chi connectivity index (χ3v) is 3.04. The zero-order valence-electron chi connectivity index (χ0n) is 12.7. The molecule has 0 spiro atoms. The second-order valence-electron chi connectivity index (χ2n) is 4.73. The normalized spacial score (nSPS) is 10.6. The van der Waals surface area contributed by atoms with Crippen molar-refractivity contribution < 1.29 is 9.59 Å². The van der Waals surface area contributed by atoms with E-state index in [1.807, 2.05) is 30.3 Å². The largest absolute Gasteiger partial charge is 0.375 e. The predicted octanol–water partition coefficient (Wildman–Crippen LogP) is 1.32. The van der Waals surface area contributed by atoms with Gasteiger partial charge in [0.2, 0.25) is 0 Å². The van der Waals surface area contributed by atoms with E-state index >= 15 is 0 Å². The molecule has 2 rings (SSSR count). The fourth-order valence-corrected chi connectivity index (χ4v) is 1.90. The maximum atomic E-state index is 12.3. The summed E-state index contributed by atoms with van der Waals surface area (Å²) in [5.41, 5.74) is 11.2. The van der Waals surface area contributed by atoms with Crippen molar-refractivity contribution in [2.24, 2.45) is 5.73 Å². The lowest BCUT2D eigenvalue weighted by Crippen LogP contribution is -2.47. The molecule has 2 aromatic carbocycles. The van der Waals surface area contributed by atoms with Crippen LogP contribution < -0.4 is 21.9 Å². The van der Waals surface area contributed by atoms with Crippen LogP contribution in [0.15, 0.2) is 66.4 Å². The summed E-state index contributed by atoms with van der Waals surface area (Å²) in [4.78, 5) is 24.5. The highest BCUT2D eigenvalue weighted by molar-refractivity contribution is 7.80. The van der Waals surface area contributed by atoms with Gasteiger partial charge in [0.25, 0.3) is 11.8 Å². The van der Waals surface area contributed by atoms with Gasteiger partial charge in [0.05, 0.1) is 0 Å². The summed E-state index contributed by atoms with van der Waals surface area (Å²) in [6, 6.07) is 17.7. The van der Waals surface area contributed by atoms with E-state index in [2.05, 4.69) is 28.4 Å². The smallest absolute Gasteiger partial charge is 0.286 e. The van der Waals surface area contributed by atoms with Crippen molar-refractivity contribution >= 4 is 35.2 Å². The molecule has 7 heteroatoms. The van der Waals surface area contributed by atoms with E-state index in [0.29, 0.717) is 5.56 Å². The van der Waals surface area contributed by atoms with Gasteiger partial charge >= 0.3 is 0 Å². The molecular formula is C17H16N4O2S. The van der Waals surface area contributed by atoms with Crippen LogP contribution in [-0.4, -0.2) is 16.9 Å². The standard InChI is InChI=1S/C17H16N4O2S/c18-17(24)21-20-16(23)14(11-12-7-3-1-4-8-12)19-15(22)13-9-5-2-6-10-13/h1-11H,(H,19,22)(H,20,23)(H3,18,21,24)/b14-11+. The number of thiocarbonyl (C=S) groups is 1. The minimum Gasteiger partial charge on any atom is -0.375 e. The van der Waals surface area contributed by atoms with Gasteiger partial charge in [0.15, 0.2) is 5.11 Å². The highest BCUT2D eigenvalue weighted by Gasteiger charge is 2.14. The first kappa shape index (κ1) is 17.2. The molecule has 122 valence electrons. The van der Waals surface area contributed by atoms with Gasteiger partial charge in [-0.05, 0) is 36.0 Å². The number of hydrogen-bond donors (Lipinski definition) is 4. The van der Waals surface area contributed by atoms with E-state index in [1.165, 1.54) is 0 Å². The van der Waals surface area contributed by atoms with Gasteiger partial charge in [-0.3, -0.25) is 20.4 Å². The molecule has 0 bridgehead atoms. The quantitative estimate of drug-likeness (QED) is 0.382. The van der Waals surface area contributed by atoms with Crippen molar-refractivity contribution in [3.8, 4) is 0 Å². The monoisotopic (exact) mass is 340 g/mol. The summed E-state index contributed by atoms with van der Waals surface area (Å²) in [5, 5.41) is 2.51. The first-order valence-corrected chi connectivity index (χ1v) is 7.46. The Morgan fingerprint density at radius 2 is 1.50 bits per heavy atom. The number of rotatable bonds is 4. The van der Waals surface area contributed by atoms with Gasteiger partial charge in [0, 0.05) is 5.56 Å². The Bertz CT molecular complexity index is 761. The van der Waals surface area contributed by atoms with Crippen LogP contribution in [0, 0.1) is 0 Å². The molecule has 0 aliphatic heterocycles. The number of hydrogen-bond acceptors (Lipinski definition) is 3. The van der Waals surface area contributed by atoms with E-state index in [0.717, 1.165) is 5.56 Å². The molecule has 24 heavy (non-hydrogen) atoms. The van der Waals surface area contributed by atoms with Crippen LogP contribution in [0.5, 0.6) is 0 Å². The molecule has 2 aromatic rings. The highest BCUT2D eigenvalue weighted by atomic mass is 32.1. The molecule has 0 fully saturated rings. The number of carbonyl (C=O) groups excluding carboxylic acids is 2. The number of nitrogens with one attached hydrogen (secondary N) is 3. The lowest BCUT2D eigenvalue weighted by molar-refractivity contribution is -0.118. The average Bonchev–Trinajstić information content (AvgIpc) is 2.60. The first-order chi connectivity index (χ1) is 11.6. The molecule has 0 aliphatic rings. The summed E-state index contributed by atoms with van der Waals surface area (Å²) < 4.78 is 0. The number of hydrazine groups is 1. The third kappa shape index (κ3) is 5.22. The Morgan fingerprint density at radius 1 is 0.917 bits per heavy atom. The van der Waals surface area contributed by atoms with E-state index in [4.69, 9.17) is 5.73 Å². The van der Waals surface area contributed by atoms with Crippen molar-refractivity contribution in [1.29, 1.82) is 0 Å². The minimum absolute atomic E-state index is 0.0544. The van der Waals surface area contributed by atoms with Crippen LogP contribution in [0.4, 0.5) is 0 Å². The molecular weight excluding hydrogens is 324 g/mol. The van der Waals surface area contributed by atoms with Crippen LogP contribution in [0.3, 0.4) is 0 Å². The maximum absolute atomic E-state index is 12.3. The van der Waals surface area contributed by atoms with Gasteiger partial charge in [-0.1, -0.05) is 48.5 Å². The molecule has 5 N–H and O–H groups in total. The number of carbonyl (C=O) groups is 2. The van der Waals surface area contributed by atoms with E-state index in [1.54, 1.807) is 36.4 Å². The van der Waals surface area contributed by atoms with Crippen LogP contribution in [-0.2, 0) is 4.79 Å². The summed E-state index contributed by atoms with van der Waals surface area (Å²) in [7, 11) is 0. The fourth-order valence-electron chi connectivity index (χ4n) is 1.84. The molecule has 0 aromatic heterocycles. The first-order valence-electron chi connectivity index (χ1n) is 7.05. The van der Waals surface area contributed by atoms with Gasteiger partial charge in [0.1, 0.15) is 5.70 Å². The zero-order valence-corrected chi connectivity index (χ0v) is 13.5. The molecule has 0 saturated heterocycles. The second-order valence-corrected chi connectivity index (χ2v) is 5.17. The maximum Gasteiger partial charge on any atom is 0.286 e. The third-order valence-electron chi connectivity index (χ3n) is 2.94. The number of nitrogens with two attached hydrogens (primary N) is 1. The second kappa shape index (κ2) is 8.44. The van der Waals surface area contributed by atoms with Crippen molar-refractivity contribution in [2.75, 3.05) is 0 Å². The van der Waals surface area contributed by atoms with Crippen LogP contribution in [0.1, 0.15) is 15.9 Å².